The Labute approximate surface area is 143 Å². The van der Waals surface area contributed by atoms with Gasteiger partial charge in [-0.15, -0.1) is 0 Å². The molecular formula is C18H11N3O4. The van der Waals surface area contributed by atoms with E-state index in [0.717, 1.165) is 0 Å². The van der Waals surface area contributed by atoms with E-state index in [0.29, 0.717) is 5.56 Å². The molecule has 0 heterocycles. The van der Waals surface area contributed by atoms with Gasteiger partial charge in [-0.05, 0) is 36.8 Å². The van der Waals surface area contributed by atoms with E-state index in [2.05, 4.69) is 0 Å². The molecule has 0 radical (unpaired) electrons. The minimum absolute atomic E-state index is 0.0445. The molecule has 0 unspecified atom stereocenters. The summed E-state index contributed by atoms with van der Waals surface area (Å²) < 4.78 is 5.22. The van der Waals surface area contributed by atoms with E-state index >= 15 is 0 Å². The van der Waals surface area contributed by atoms with E-state index in [1.165, 1.54) is 43.3 Å². The molecule has 2 rings (SSSR count). The first-order chi connectivity index (χ1) is 12.0. The molecule has 0 fully saturated rings. The van der Waals surface area contributed by atoms with Gasteiger partial charge in [0.2, 0.25) is 0 Å². The van der Waals surface area contributed by atoms with Gasteiger partial charge in [0, 0.05) is 11.6 Å². The van der Waals surface area contributed by atoms with Crippen molar-refractivity contribution in [1.82, 2.24) is 0 Å². The van der Waals surface area contributed by atoms with Crippen LogP contribution in [0.25, 0.3) is 6.08 Å². The number of nitro groups is 1. The Morgan fingerprint density at radius 2 is 1.80 bits per heavy atom. The molecule has 25 heavy (non-hydrogen) atoms. The molecule has 7 nitrogen and oxygen atoms in total. The zero-order valence-corrected chi connectivity index (χ0v) is 13.1. The van der Waals surface area contributed by atoms with Crippen LogP contribution in [-0.2, 0) is 0 Å². The summed E-state index contributed by atoms with van der Waals surface area (Å²) in [6.07, 6.45) is 1.40. The van der Waals surface area contributed by atoms with Crippen LogP contribution < -0.4 is 4.74 Å². The molecule has 0 bridgehead atoms. The minimum atomic E-state index is -0.709. The average Bonchev–Trinajstić information content (AvgIpc) is 2.60. The maximum atomic E-state index is 12.2. The van der Waals surface area contributed by atoms with Crippen LogP contribution in [0.15, 0.2) is 48.0 Å². The number of nitro benzene ring substituents is 1. The fourth-order valence-corrected chi connectivity index (χ4v) is 2.09. The smallest absolute Gasteiger partial charge is 0.344 e. The number of esters is 1. The molecule has 0 aliphatic carbocycles. The van der Waals surface area contributed by atoms with Gasteiger partial charge in [0.1, 0.15) is 23.5 Å². The summed E-state index contributed by atoms with van der Waals surface area (Å²) in [5, 5.41) is 28.4. The summed E-state index contributed by atoms with van der Waals surface area (Å²) in [5.74, 6) is -0.470. The van der Waals surface area contributed by atoms with Crippen LogP contribution in [0.2, 0.25) is 0 Å². The SMILES string of the molecule is Cc1c(C(=O)Oc2ccc(C=C(C#N)C#N)cc2)cccc1[N+](=O)[O-]. The van der Waals surface area contributed by atoms with E-state index in [4.69, 9.17) is 15.3 Å². The molecule has 2 aromatic carbocycles. The second-order valence-corrected chi connectivity index (χ2v) is 4.95. The van der Waals surface area contributed by atoms with Crippen molar-refractivity contribution in [2.24, 2.45) is 0 Å². The number of rotatable bonds is 4. The zero-order chi connectivity index (χ0) is 18.4. The van der Waals surface area contributed by atoms with Crippen LogP contribution in [0.4, 0.5) is 5.69 Å². The van der Waals surface area contributed by atoms with Crippen molar-refractivity contribution in [2.45, 2.75) is 6.92 Å². The Hall–Kier alpha value is -3.97. The number of hydrogen-bond donors (Lipinski definition) is 0. The zero-order valence-electron chi connectivity index (χ0n) is 13.1. The molecule has 122 valence electrons. The number of ether oxygens (including phenoxy) is 1. The largest absolute Gasteiger partial charge is 0.423 e. The van der Waals surface area contributed by atoms with Crippen LogP contribution in [0.5, 0.6) is 5.75 Å². The lowest BCUT2D eigenvalue weighted by Crippen LogP contribution is -2.11. The van der Waals surface area contributed by atoms with E-state index in [1.54, 1.807) is 24.3 Å². The quantitative estimate of drug-likeness (QED) is 0.277. The van der Waals surface area contributed by atoms with Gasteiger partial charge in [0.05, 0.1) is 10.5 Å². The molecule has 7 heteroatoms. The first-order valence-electron chi connectivity index (χ1n) is 7.04. The molecule has 0 aromatic heterocycles. The van der Waals surface area contributed by atoms with E-state index in [1.807, 2.05) is 0 Å². The first-order valence-corrected chi connectivity index (χ1v) is 7.04. The van der Waals surface area contributed by atoms with Gasteiger partial charge in [0.25, 0.3) is 5.69 Å². The van der Waals surface area contributed by atoms with Crippen molar-refractivity contribution in [3.8, 4) is 17.9 Å². The third-order valence-electron chi connectivity index (χ3n) is 3.36. The van der Waals surface area contributed by atoms with E-state index < -0.39 is 10.9 Å². The van der Waals surface area contributed by atoms with Gasteiger partial charge < -0.3 is 4.74 Å². The van der Waals surface area contributed by atoms with E-state index in [9.17, 15) is 14.9 Å². The lowest BCUT2D eigenvalue weighted by Gasteiger charge is -2.07. The second kappa shape index (κ2) is 7.53. The number of allylic oxidation sites excluding steroid dienone is 1. The Morgan fingerprint density at radius 3 is 2.36 bits per heavy atom. The lowest BCUT2D eigenvalue weighted by atomic mass is 10.1. The highest BCUT2D eigenvalue weighted by Gasteiger charge is 2.19. The molecular weight excluding hydrogens is 322 g/mol. The summed E-state index contributed by atoms with van der Waals surface area (Å²) in [6.45, 7) is 1.48. The highest BCUT2D eigenvalue weighted by Crippen LogP contribution is 2.23. The summed E-state index contributed by atoms with van der Waals surface area (Å²) in [7, 11) is 0. The van der Waals surface area contributed by atoms with Crippen LogP contribution in [0.1, 0.15) is 21.5 Å². The minimum Gasteiger partial charge on any atom is -0.423 e. The summed E-state index contributed by atoms with van der Waals surface area (Å²) in [5.41, 5.74) is 0.732. The van der Waals surface area contributed by atoms with Crippen molar-refractivity contribution in [3.05, 3.63) is 74.8 Å². The summed E-state index contributed by atoms with van der Waals surface area (Å²) in [6, 6.07) is 13.8. The van der Waals surface area contributed by atoms with Gasteiger partial charge in [-0.25, -0.2) is 4.79 Å². The van der Waals surface area contributed by atoms with Gasteiger partial charge in [0.15, 0.2) is 0 Å². The van der Waals surface area contributed by atoms with Crippen molar-refractivity contribution >= 4 is 17.7 Å². The topological polar surface area (TPSA) is 117 Å². The fraction of sp³-hybridized carbons (Fsp3) is 0.0556. The molecule has 0 spiro atoms. The normalized spacial score (nSPS) is 9.40. The molecule has 0 N–H and O–H groups in total. The van der Waals surface area contributed by atoms with Crippen molar-refractivity contribution in [1.29, 1.82) is 10.5 Å². The molecule has 0 amide bonds. The third-order valence-corrected chi connectivity index (χ3v) is 3.36. The van der Waals surface area contributed by atoms with Gasteiger partial charge in [-0.1, -0.05) is 18.2 Å². The van der Waals surface area contributed by atoms with Gasteiger partial charge in [-0.3, -0.25) is 10.1 Å². The Kier molecular flexibility index (Phi) is 5.24. The summed E-state index contributed by atoms with van der Waals surface area (Å²) >= 11 is 0. The third kappa shape index (κ3) is 4.06. The highest BCUT2D eigenvalue weighted by molar-refractivity contribution is 5.93. The molecule has 0 aliphatic rings. The maximum Gasteiger partial charge on any atom is 0.344 e. The molecule has 0 saturated heterocycles. The van der Waals surface area contributed by atoms with Gasteiger partial charge >= 0.3 is 5.97 Å². The number of carbonyl (C=O) groups is 1. The van der Waals surface area contributed by atoms with Crippen molar-refractivity contribution in [3.63, 3.8) is 0 Å². The Balaban J connectivity index is 2.21. The van der Waals surface area contributed by atoms with Crippen molar-refractivity contribution < 1.29 is 14.5 Å². The number of nitrogens with zero attached hydrogens (tertiary/aromatic N) is 3. The Bertz CT molecular complexity index is 932. The van der Waals surface area contributed by atoms with Crippen LogP contribution in [0, 0.1) is 39.7 Å². The average molecular weight is 333 g/mol. The predicted molar refractivity (Wildman–Crippen MR) is 88.4 cm³/mol. The Morgan fingerprint density at radius 1 is 1.16 bits per heavy atom. The molecule has 0 atom stereocenters. The monoisotopic (exact) mass is 333 g/mol. The molecule has 0 aliphatic heterocycles. The number of nitriles is 2. The number of benzene rings is 2. The van der Waals surface area contributed by atoms with E-state index in [-0.39, 0.29) is 28.1 Å². The van der Waals surface area contributed by atoms with Crippen LogP contribution in [-0.4, -0.2) is 10.9 Å². The standard InChI is InChI=1S/C18H11N3O4/c1-12-16(3-2-4-17(12)21(23)24)18(22)25-15-7-5-13(6-8-15)9-14(10-19)11-20/h2-9H,1H3. The fourth-order valence-electron chi connectivity index (χ4n) is 2.09. The van der Waals surface area contributed by atoms with Crippen molar-refractivity contribution in [2.75, 3.05) is 0 Å². The number of hydrogen-bond acceptors (Lipinski definition) is 6. The lowest BCUT2D eigenvalue weighted by molar-refractivity contribution is -0.385. The summed E-state index contributed by atoms with van der Waals surface area (Å²) in [4.78, 5) is 22.6. The van der Waals surface area contributed by atoms with Crippen LogP contribution >= 0.6 is 0 Å². The molecule has 2 aromatic rings. The number of carbonyl (C=O) groups excluding carboxylic acids is 1. The van der Waals surface area contributed by atoms with Gasteiger partial charge in [-0.2, -0.15) is 10.5 Å². The predicted octanol–water partition coefficient (Wildman–Crippen LogP) is 3.55. The highest BCUT2D eigenvalue weighted by atomic mass is 16.6. The first kappa shape index (κ1) is 17.4. The maximum absolute atomic E-state index is 12.2. The van der Waals surface area contributed by atoms with Crippen LogP contribution in [0.3, 0.4) is 0 Å². The second-order valence-electron chi connectivity index (χ2n) is 4.95. The molecule has 0 saturated carbocycles.